The van der Waals surface area contributed by atoms with Crippen LogP contribution < -0.4 is 5.73 Å². The number of benzene rings is 1. The highest BCUT2D eigenvalue weighted by molar-refractivity contribution is 8.06. The Morgan fingerprint density at radius 1 is 1.54 bits per heavy atom. The number of nitrogens with two attached hydrogens (primary N) is 1. The molecular formula is C16H17N3O5S2. The molecule has 0 saturated carbocycles. The number of nitro benzene ring substituents is 1. The molecule has 2 N–H and O–H groups in total. The zero-order chi connectivity index (χ0) is 18.9. The van der Waals surface area contributed by atoms with Crippen LogP contribution in [0.2, 0.25) is 0 Å². The van der Waals surface area contributed by atoms with E-state index in [1.165, 1.54) is 35.7 Å². The lowest BCUT2D eigenvalue weighted by molar-refractivity contribution is -0.384. The molecule has 2 unspecified atom stereocenters. The van der Waals surface area contributed by atoms with Gasteiger partial charge < -0.3 is 15.4 Å². The van der Waals surface area contributed by atoms with Crippen LogP contribution in [0.4, 0.5) is 5.69 Å². The van der Waals surface area contributed by atoms with Gasteiger partial charge in [0, 0.05) is 24.4 Å². The highest BCUT2D eigenvalue weighted by atomic mass is 32.2. The van der Waals surface area contributed by atoms with Crippen molar-refractivity contribution in [1.29, 1.82) is 0 Å². The van der Waals surface area contributed by atoms with Crippen LogP contribution in [-0.4, -0.2) is 50.2 Å². The maximum atomic E-state index is 12.7. The van der Waals surface area contributed by atoms with Crippen molar-refractivity contribution in [3.8, 4) is 0 Å². The molecule has 3 rings (SSSR count). The Kier molecular flexibility index (Phi) is 5.26. The van der Waals surface area contributed by atoms with Crippen LogP contribution in [-0.2, 0) is 20.9 Å². The van der Waals surface area contributed by atoms with E-state index in [1.807, 2.05) is 0 Å². The average Bonchev–Trinajstić information content (AvgIpc) is 2.65. The molecule has 1 amide bonds. The lowest BCUT2D eigenvalue weighted by atomic mass is 10.0. The minimum atomic E-state index is -0.931. The molecule has 8 nitrogen and oxygen atoms in total. The third-order valence-corrected chi connectivity index (χ3v) is 7.08. The molecule has 1 aromatic carbocycles. The topological polar surface area (TPSA) is 116 Å². The van der Waals surface area contributed by atoms with Crippen LogP contribution in [0.15, 0.2) is 36.3 Å². The first-order valence-electron chi connectivity index (χ1n) is 7.75. The molecule has 2 heterocycles. The van der Waals surface area contributed by atoms with Crippen LogP contribution in [0.3, 0.4) is 0 Å². The molecule has 138 valence electrons. The molecule has 0 aliphatic carbocycles. The number of non-ortho nitro benzene ring substituents is 1. The van der Waals surface area contributed by atoms with E-state index in [4.69, 9.17) is 10.5 Å². The minimum Gasteiger partial charge on any atom is -0.460 e. The number of carbonyl (C=O) groups is 2. The molecular weight excluding hydrogens is 378 g/mol. The third kappa shape index (κ3) is 3.31. The predicted molar refractivity (Wildman–Crippen MR) is 99.3 cm³/mol. The van der Waals surface area contributed by atoms with Gasteiger partial charge in [-0.25, -0.2) is 0 Å². The number of nitro groups is 1. The van der Waals surface area contributed by atoms with Crippen LogP contribution in [0.5, 0.6) is 0 Å². The maximum Gasteiger partial charge on any atom is 0.325 e. The zero-order valence-corrected chi connectivity index (χ0v) is 15.3. The first kappa shape index (κ1) is 18.7. The van der Waals surface area contributed by atoms with Gasteiger partial charge in [0.1, 0.15) is 22.8 Å². The smallest absolute Gasteiger partial charge is 0.325 e. The summed E-state index contributed by atoms with van der Waals surface area (Å²) in [7, 11) is 0. The van der Waals surface area contributed by atoms with Gasteiger partial charge in [-0.15, -0.1) is 23.5 Å². The fraction of sp³-hybridized carbons (Fsp3) is 0.375. The Labute approximate surface area is 158 Å². The molecule has 3 atom stereocenters. The van der Waals surface area contributed by atoms with Crippen molar-refractivity contribution in [3.05, 3.63) is 51.9 Å². The first-order valence-corrected chi connectivity index (χ1v) is 9.68. The molecule has 0 bridgehead atoms. The Hall–Kier alpha value is -2.04. The summed E-state index contributed by atoms with van der Waals surface area (Å²) in [5, 5.41) is 12.1. The molecule has 2 fully saturated rings. The Bertz CT molecular complexity index is 757. The SMILES string of the molecule is C=CSC1(C(=O)OCc2ccc([N+](=O)[O-])cc2)CS[C@@H]2C(N)C(=O)N2C1. The lowest BCUT2D eigenvalue weighted by Crippen LogP contribution is -2.73. The van der Waals surface area contributed by atoms with E-state index < -0.39 is 21.7 Å². The number of thioether (sulfide) groups is 2. The number of hydrogen-bond donors (Lipinski definition) is 1. The van der Waals surface area contributed by atoms with Gasteiger partial charge in [0.05, 0.1) is 4.92 Å². The first-order chi connectivity index (χ1) is 12.4. The molecule has 0 aromatic heterocycles. The minimum absolute atomic E-state index is 0.00215. The van der Waals surface area contributed by atoms with Gasteiger partial charge in [0.15, 0.2) is 0 Å². The number of carbonyl (C=O) groups excluding carboxylic acids is 2. The van der Waals surface area contributed by atoms with Crippen molar-refractivity contribution in [2.45, 2.75) is 22.8 Å². The maximum absolute atomic E-state index is 12.7. The largest absolute Gasteiger partial charge is 0.460 e. The zero-order valence-electron chi connectivity index (χ0n) is 13.7. The molecule has 0 radical (unpaired) electrons. The van der Waals surface area contributed by atoms with Gasteiger partial charge in [-0.3, -0.25) is 19.7 Å². The van der Waals surface area contributed by atoms with Crippen molar-refractivity contribution in [3.63, 3.8) is 0 Å². The van der Waals surface area contributed by atoms with Crippen LogP contribution in [0, 0.1) is 10.1 Å². The van der Waals surface area contributed by atoms with Crippen molar-refractivity contribution in [2.24, 2.45) is 5.73 Å². The van der Waals surface area contributed by atoms with Gasteiger partial charge >= 0.3 is 5.97 Å². The fourth-order valence-corrected chi connectivity index (χ4v) is 5.34. The number of β-lactam (4-membered cyclic amide) rings is 1. The third-order valence-electron chi connectivity index (χ3n) is 4.29. The van der Waals surface area contributed by atoms with Gasteiger partial charge in [0.2, 0.25) is 5.91 Å². The highest BCUT2D eigenvalue weighted by Crippen LogP contribution is 2.44. The van der Waals surface area contributed by atoms with E-state index in [9.17, 15) is 19.7 Å². The van der Waals surface area contributed by atoms with Crippen LogP contribution >= 0.6 is 23.5 Å². The van der Waals surface area contributed by atoms with Crippen LogP contribution in [0.1, 0.15) is 5.56 Å². The summed E-state index contributed by atoms with van der Waals surface area (Å²) < 4.78 is 4.50. The number of amides is 1. The highest BCUT2D eigenvalue weighted by Gasteiger charge is 2.56. The van der Waals surface area contributed by atoms with Crippen molar-refractivity contribution in [2.75, 3.05) is 12.3 Å². The Morgan fingerprint density at radius 3 is 2.85 bits per heavy atom. The average molecular weight is 395 g/mol. The standard InChI is InChI=1S/C16H17N3O5S2/c1-2-26-16(8-18-13(20)12(17)14(18)25-9-16)15(21)24-7-10-3-5-11(6-4-10)19(22)23/h2-6,12,14H,1,7-9,17H2/t12?,14-,16?/m1/s1. The summed E-state index contributed by atoms with van der Waals surface area (Å²) >= 11 is 2.70. The molecule has 10 heteroatoms. The van der Waals surface area contributed by atoms with Crippen molar-refractivity contribution < 1.29 is 19.2 Å². The molecule has 26 heavy (non-hydrogen) atoms. The number of hydrogen-bond acceptors (Lipinski definition) is 8. The molecule has 1 aromatic rings. The number of esters is 1. The van der Waals surface area contributed by atoms with E-state index in [2.05, 4.69) is 6.58 Å². The number of nitrogens with zero attached hydrogens (tertiary/aromatic N) is 2. The van der Waals surface area contributed by atoms with E-state index in [0.717, 1.165) is 0 Å². The van der Waals surface area contributed by atoms with Gasteiger partial charge in [-0.2, -0.15) is 0 Å². The quantitative estimate of drug-likeness (QED) is 0.333. The Balaban J connectivity index is 1.66. The number of ether oxygens (including phenoxy) is 1. The second kappa shape index (κ2) is 7.29. The van der Waals surface area contributed by atoms with E-state index >= 15 is 0 Å². The summed E-state index contributed by atoms with van der Waals surface area (Å²) in [6.45, 7) is 3.90. The van der Waals surface area contributed by atoms with E-state index in [-0.39, 0.29) is 30.1 Å². The monoisotopic (exact) mass is 395 g/mol. The second-order valence-corrected chi connectivity index (χ2v) is 8.43. The number of rotatable bonds is 6. The Morgan fingerprint density at radius 2 is 2.23 bits per heavy atom. The summed E-state index contributed by atoms with van der Waals surface area (Å²) in [5.74, 6) is -0.148. The molecule has 0 spiro atoms. The summed E-state index contributed by atoms with van der Waals surface area (Å²) in [6.07, 6.45) is 0. The number of fused-ring (bicyclic) bond motifs is 1. The molecule has 2 saturated heterocycles. The van der Waals surface area contributed by atoms with E-state index in [1.54, 1.807) is 22.4 Å². The van der Waals surface area contributed by atoms with Gasteiger partial charge in [-0.05, 0) is 23.1 Å². The van der Waals surface area contributed by atoms with Crippen LogP contribution in [0.25, 0.3) is 0 Å². The van der Waals surface area contributed by atoms with Crippen molar-refractivity contribution >= 4 is 41.1 Å². The summed E-state index contributed by atoms with van der Waals surface area (Å²) in [5.41, 5.74) is 6.40. The molecule has 2 aliphatic heterocycles. The van der Waals surface area contributed by atoms with Gasteiger partial charge in [-0.1, -0.05) is 6.58 Å². The normalized spacial score (nSPS) is 27.3. The summed E-state index contributed by atoms with van der Waals surface area (Å²) in [4.78, 5) is 36.4. The fourth-order valence-electron chi connectivity index (χ4n) is 2.85. The predicted octanol–water partition coefficient (Wildman–Crippen LogP) is 1.50. The second-order valence-electron chi connectivity index (χ2n) is 5.97. The van der Waals surface area contributed by atoms with E-state index in [0.29, 0.717) is 11.3 Å². The van der Waals surface area contributed by atoms with Crippen molar-refractivity contribution in [1.82, 2.24) is 4.90 Å². The summed E-state index contributed by atoms with van der Waals surface area (Å²) in [6, 6.07) is 5.30. The lowest BCUT2D eigenvalue weighted by Gasteiger charge is -2.52. The van der Waals surface area contributed by atoms with Gasteiger partial charge in [0.25, 0.3) is 5.69 Å². The molecule has 2 aliphatic rings.